The van der Waals surface area contributed by atoms with Gasteiger partial charge < -0.3 is 10.2 Å². The number of nitrogens with zero attached hydrogens (tertiary/aromatic N) is 2. The summed E-state index contributed by atoms with van der Waals surface area (Å²) >= 11 is 0. The molecule has 1 aromatic carbocycles. The van der Waals surface area contributed by atoms with Crippen molar-refractivity contribution in [3.63, 3.8) is 0 Å². The molecular weight excluding hydrogens is 277 g/mol. The van der Waals surface area contributed by atoms with Crippen LogP contribution < -0.4 is 5.32 Å². The Bertz CT molecular complexity index is 576. The van der Waals surface area contributed by atoms with Gasteiger partial charge in [-0.2, -0.15) is 0 Å². The van der Waals surface area contributed by atoms with Gasteiger partial charge in [0, 0.05) is 25.7 Å². The Morgan fingerprint density at radius 2 is 2.14 bits per heavy atom. The molecule has 0 aliphatic carbocycles. The van der Waals surface area contributed by atoms with Gasteiger partial charge in [-0.15, -0.1) is 0 Å². The molecule has 1 aliphatic rings. The number of hydrogen-bond acceptors (Lipinski definition) is 3. The lowest BCUT2D eigenvalue weighted by Crippen LogP contribution is -2.32. The van der Waals surface area contributed by atoms with Gasteiger partial charge in [-0.1, -0.05) is 6.07 Å². The number of imide groups is 1. The number of carbonyl (C=O) groups excluding carboxylic acids is 3. The fraction of sp³-hybridized carbons (Fsp3) is 0.357. The third-order valence-electron chi connectivity index (χ3n) is 3.12. The average molecular weight is 293 g/mol. The minimum atomic E-state index is -0.427. The Morgan fingerprint density at radius 1 is 1.38 bits per heavy atom. The molecule has 1 N–H and O–H groups in total. The molecule has 0 radical (unpaired) electrons. The van der Waals surface area contributed by atoms with Gasteiger partial charge in [-0.25, -0.2) is 9.18 Å². The molecule has 6 nitrogen and oxygen atoms in total. The molecule has 0 saturated carbocycles. The second kappa shape index (κ2) is 6.34. The zero-order valence-corrected chi connectivity index (χ0v) is 11.6. The van der Waals surface area contributed by atoms with Crippen molar-refractivity contribution in [2.24, 2.45) is 0 Å². The molecule has 1 heterocycles. The fourth-order valence-corrected chi connectivity index (χ4v) is 2.08. The van der Waals surface area contributed by atoms with E-state index in [9.17, 15) is 18.8 Å². The highest BCUT2D eigenvalue weighted by molar-refractivity contribution is 6.01. The quantitative estimate of drug-likeness (QED) is 0.835. The van der Waals surface area contributed by atoms with E-state index in [1.807, 2.05) is 0 Å². The van der Waals surface area contributed by atoms with Crippen LogP contribution in [0.1, 0.15) is 12.8 Å². The van der Waals surface area contributed by atoms with Crippen LogP contribution in [0.4, 0.5) is 14.9 Å². The molecule has 0 bridgehead atoms. The Balaban J connectivity index is 1.77. The molecule has 1 saturated heterocycles. The van der Waals surface area contributed by atoms with E-state index in [0.29, 0.717) is 12.1 Å². The Kier molecular flexibility index (Phi) is 4.52. The molecule has 1 aliphatic heterocycles. The number of likely N-dealkylation sites (N-methyl/N-ethyl adjacent to an activating group) is 1. The maximum Gasteiger partial charge on any atom is 0.326 e. The van der Waals surface area contributed by atoms with Gasteiger partial charge in [0.1, 0.15) is 12.4 Å². The number of anilines is 1. The zero-order chi connectivity index (χ0) is 15.4. The highest BCUT2D eigenvalue weighted by Crippen LogP contribution is 2.11. The van der Waals surface area contributed by atoms with Gasteiger partial charge in [-0.3, -0.25) is 14.5 Å². The standard InChI is InChI=1S/C14H16FN3O3/c1-17-9-13(20)18(14(17)21)7-3-6-12(19)16-11-5-2-4-10(15)8-11/h2,4-5,8H,3,6-7,9H2,1H3,(H,16,19). The van der Waals surface area contributed by atoms with Crippen molar-refractivity contribution in [1.29, 1.82) is 0 Å². The molecule has 0 aromatic heterocycles. The molecule has 4 amide bonds. The maximum atomic E-state index is 13.0. The van der Waals surface area contributed by atoms with Gasteiger partial charge >= 0.3 is 6.03 Å². The van der Waals surface area contributed by atoms with Crippen LogP contribution in [0.2, 0.25) is 0 Å². The molecule has 2 rings (SSSR count). The second-order valence-electron chi connectivity index (χ2n) is 4.85. The molecule has 1 aromatic rings. The molecule has 0 unspecified atom stereocenters. The van der Waals surface area contributed by atoms with Crippen LogP contribution in [-0.4, -0.2) is 47.8 Å². The molecule has 1 fully saturated rings. The second-order valence-corrected chi connectivity index (χ2v) is 4.85. The minimum absolute atomic E-state index is 0.0777. The van der Waals surface area contributed by atoms with E-state index < -0.39 is 5.82 Å². The van der Waals surface area contributed by atoms with Gasteiger partial charge in [0.05, 0.1) is 0 Å². The number of hydrogen-bond donors (Lipinski definition) is 1. The van der Waals surface area contributed by atoms with E-state index in [2.05, 4.69) is 5.32 Å². The predicted molar refractivity (Wildman–Crippen MR) is 74.0 cm³/mol. The summed E-state index contributed by atoms with van der Waals surface area (Å²) in [6, 6.07) is 5.26. The van der Waals surface area contributed by atoms with E-state index in [1.54, 1.807) is 13.1 Å². The summed E-state index contributed by atoms with van der Waals surface area (Å²) in [4.78, 5) is 37.3. The summed E-state index contributed by atoms with van der Waals surface area (Å²) < 4.78 is 13.0. The highest BCUT2D eigenvalue weighted by Gasteiger charge is 2.32. The van der Waals surface area contributed by atoms with E-state index >= 15 is 0 Å². The summed E-state index contributed by atoms with van der Waals surface area (Å²) in [6.07, 6.45) is 0.518. The van der Waals surface area contributed by atoms with Crippen molar-refractivity contribution in [2.45, 2.75) is 12.8 Å². The number of urea groups is 1. The summed E-state index contributed by atoms with van der Waals surface area (Å²) in [6.45, 7) is 0.285. The van der Waals surface area contributed by atoms with E-state index in [4.69, 9.17) is 0 Å². The van der Waals surface area contributed by atoms with E-state index in [0.717, 1.165) is 4.90 Å². The van der Waals surface area contributed by atoms with Crippen molar-refractivity contribution in [1.82, 2.24) is 9.80 Å². The average Bonchev–Trinajstić information content (AvgIpc) is 2.65. The van der Waals surface area contributed by atoms with Gasteiger partial charge in [0.25, 0.3) is 0 Å². The van der Waals surface area contributed by atoms with Gasteiger partial charge in [0.2, 0.25) is 11.8 Å². The normalized spacial score (nSPS) is 14.8. The predicted octanol–water partition coefficient (Wildman–Crippen LogP) is 1.44. The Hall–Kier alpha value is -2.44. The first kappa shape index (κ1) is 15.0. The number of rotatable bonds is 5. The van der Waals surface area contributed by atoms with Crippen LogP contribution >= 0.6 is 0 Å². The van der Waals surface area contributed by atoms with Crippen LogP contribution in [0.15, 0.2) is 24.3 Å². The monoisotopic (exact) mass is 293 g/mol. The number of benzene rings is 1. The summed E-state index contributed by atoms with van der Waals surface area (Å²) in [5.74, 6) is -0.967. The Morgan fingerprint density at radius 3 is 2.76 bits per heavy atom. The topological polar surface area (TPSA) is 69.7 Å². The first-order valence-corrected chi connectivity index (χ1v) is 6.58. The van der Waals surface area contributed by atoms with Crippen LogP contribution in [0.3, 0.4) is 0 Å². The summed E-state index contributed by atoms with van der Waals surface area (Å²) in [5, 5.41) is 2.56. The lowest BCUT2D eigenvalue weighted by molar-refractivity contribution is -0.125. The van der Waals surface area contributed by atoms with Crippen LogP contribution in [0.25, 0.3) is 0 Å². The lowest BCUT2D eigenvalue weighted by Gasteiger charge is -2.13. The first-order valence-electron chi connectivity index (χ1n) is 6.58. The summed E-state index contributed by atoms with van der Waals surface area (Å²) in [7, 11) is 1.55. The first-order chi connectivity index (χ1) is 9.97. The molecule has 112 valence electrons. The molecular formula is C14H16FN3O3. The fourth-order valence-electron chi connectivity index (χ4n) is 2.08. The SMILES string of the molecule is CN1CC(=O)N(CCCC(=O)Nc2cccc(F)c2)C1=O. The van der Waals surface area contributed by atoms with Crippen molar-refractivity contribution < 1.29 is 18.8 Å². The van der Waals surface area contributed by atoms with Crippen LogP contribution in [0, 0.1) is 5.82 Å². The third kappa shape index (κ3) is 3.77. The highest BCUT2D eigenvalue weighted by atomic mass is 19.1. The number of nitrogens with one attached hydrogen (secondary N) is 1. The smallest absolute Gasteiger partial charge is 0.326 e. The Labute approximate surface area is 121 Å². The summed E-state index contributed by atoms with van der Waals surface area (Å²) in [5.41, 5.74) is 0.382. The largest absolute Gasteiger partial charge is 0.326 e. The van der Waals surface area contributed by atoms with Gasteiger partial charge in [0.15, 0.2) is 0 Å². The minimum Gasteiger partial charge on any atom is -0.326 e. The van der Waals surface area contributed by atoms with Gasteiger partial charge in [-0.05, 0) is 24.6 Å². The molecule has 21 heavy (non-hydrogen) atoms. The third-order valence-corrected chi connectivity index (χ3v) is 3.12. The zero-order valence-electron chi connectivity index (χ0n) is 11.6. The van der Waals surface area contributed by atoms with Crippen molar-refractivity contribution in [3.05, 3.63) is 30.1 Å². The number of halogens is 1. The molecule has 7 heteroatoms. The van der Waals surface area contributed by atoms with Crippen molar-refractivity contribution >= 4 is 23.5 Å². The molecule has 0 spiro atoms. The number of carbonyl (C=O) groups is 3. The van der Waals surface area contributed by atoms with Crippen molar-refractivity contribution in [3.8, 4) is 0 Å². The lowest BCUT2D eigenvalue weighted by atomic mass is 10.2. The van der Waals surface area contributed by atoms with Crippen LogP contribution in [-0.2, 0) is 9.59 Å². The van der Waals surface area contributed by atoms with Crippen LogP contribution in [0.5, 0.6) is 0 Å². The number of amides is 4. The van der Waals surface area contributed by atoms with E-state index in [-0.39, 0.29) is 37.4 Å². The van der Waals surface area contributed by atoms with E-state index in [1.165, 1.54) is 23.1 Å². The van der Waals surface area contributed by atoms with Crippen molar-refractivity contribution in [2.75, 3.05) is 25.5 Å². The molecule has 0 atom stereocenters. The maximum absolute atomic E-state index is 13.0.